The molecule has 0 rings (SSSR count). The van der Waals surface area contributed by atoms with Crippen molar-refractivity contribution in [3.8, 4) is 0 Å². The minimum atomic E-state index is -0.0353. The maximum atomic E-state index is 11.7. The minimum absolute atomic E-state index is 0. The van der Waals surface area contributed by atoms with Gasteiger partial charge < -0.3 is 10.6 Å². The summed E-state index contributed by atoms with van der Waals surface area (Å²) in [6.07, 6.45) is 0. The summed E-state index contributed by atoms with van der Waals surface area (Å²) in [6, 6.07) is -0.0353. The molecule has 0 saturated carbocycles. The van der Waals surface area contributed by atoms with Gasteiger partial charge in [0.1, 0.15) is 0 Å². The van der Waals surface area contributed by atoms with Crippen LogP contribution in [0.25, 0.3) is 0 Å². The van der Waals surface area contributed by atoms with Crippen LogP contribution in [-0.2, 0) is 4.79 Å². The van der Waals surface area contributed by atoms with Crippen molar-refractivity contribution < 1.29 is 4.79 Å². The summed E-state index contributed by atoms with van der Waals surface area (Å²) in [5, 5.41) is 5.90. The second-order valence-corrected chi connectivity index (χ2v) is 4.05. The molecule has 6 heteroatoms. The fraction of sp³-hybridized carbons (Fsp3) is 0.900. The molecule has 0 aliphatic rings. The van der Waals surface area contributed by atoms with Crippen LogP contribution >= 0.6 is 24.8 Å². The molecule has 0 aliphatic heterocycles. The summed E-state index contributed by atoms with van der Waals surface area (Å²) in [5.41, 5.74) is 0. The normalized spacial score (nSPS) is 11.7. The van der Waals surface area contributed by atoms with E-state index in [4.69, 9.17) is 0 Å². The molecule has 4 nitrogen and oxygen atoms in total. The number of hydrogen-bond donors (Lipinski definition) is 2. The van der Waals surface area contributed by atoms with Gasteiger partial charge in [-0.1, -0.05) is 13.8 Å². The Labute approximate surface area is 111 Å². The van der Waals surface area contributed by atoms with Gasteiger partial charge >= 0.3 is 0 Å². The Morgan fingerprint density at radius 1 is 1.19 bits per heavy atom. The monoisotopic (exact) mass is 273 g/mol. The third kappa shape index (κ3) is 8.16. The Hall–Kier alpha value is -0.0300. The highest BCUT2D eigenvalue weighted by Crippen LogP contribution is 2.06. The van der Waals surface area contributed by atoms with E-state index in [1.165, 1.54) is 0 Å². The zero-order valence-corrected chi connectivity index (χ0v) is 12.4. The summed E-state index contributed by atoms with van der Waals surface area (Å²) in [6.45, 7) is 5.61. The topological polar surface area (TPSA) is 44.4 Å². The van der Waals surface area contributed by atoms with Crippen LogP contribution in [0.2, 0.25) is 0 Å². The van der Waals surface area contributed by atoms with Crippen LogP contribution in [0.4, 0.5) is 0 Å². The SMILES string of the molecule is CNCCNC(=O)C(C(C)C)N(C)C.Cl.Cl. The van der Waals surface area contributed by atoms with Crippen LogP contribution in [0.5, 0.6) is 0 Å². The molecule has 1 atom stereocenters. The van der Waals surface area contributed by atoms with Gasteiger partial charge in [-0.15, -0.1) is 24.8 Å². The van der Waals surface area contributed by atoms with Crippen LogP contribution in [-0.4, -0.2) is 51.1 Å². The minimum Gasteiger partial charge on any atom is -0.353 e. The van der Waals surface area contributed by atoms with Crippen molar-refractivity contribution in [2.24, 2.45) is 5.92 Å². The first kappa shape index (κ1) is 21.3. The molecular weight excluding hydrogens is 249 g/mol. The second kappa shape index (κ2) is 11.5. The number of hydrogen-bond acceptors (Lipinski definition) is 3. The van der Waals surface area contributed by atoms with E-state index in [9.17, 15) is 4.79 Å². The van der Waals surface area contributed by atoms with Gasteiger partial charge in [-0.2, -0.15) is 0 Å². The molecule has 100 valence electrons. The highest BCUT2D eigenvalue weighted by atomic mass is 35.5. The van der Waals surface area contributed by atoms with Crippen LogP contribution in [0, 0.1) is 5.92 Å². The van der Waals surface area contributed by atoms with Gasteiger partial charge in [0.2, 0.25) is 5.91 Å². The predicted octanol–water partition coefficient (Wildman–Crippen LogP) is 0.752. The average molecular weight is 274 g/mol. The average Bonchev–Trinajstić information content (AvgIpc) is 2.03. The number of halogens is 2. The van der Waals surface area contributed by atoms with E-state index in [2.05, 4.69) is 24.5 Å². The molecule has 1 unspecified atom stereocenters. The quantitative estimate of drug-likeness (QED) is 0.703. The molecule has 0 aromatic carbocycles. The summed E-state index contributed by atoms with van der Waals surface area (Å²) < 4.78 is 0. The standard InChI is InChI=1S/C10H23N3O.2ClH/c1-8(2)9(13(4)5)10(14)12-7-6-11-3;;/h8-9,11H,6-7H2,1-5H3,(H,12,14);2*1H. The molecule has 0 fully saturated rings. The Morgan fingerprint density at radius 3 is 2.00 bits per heavy atom. The van der Waals surface area contributed by atoms with Crippen molar-refractivity contribution >= 4 is 30.7 Å². The third-order valence-electron chi connectivity index (χ3n) is 2.13. The summed E-state index contributed by atoms with van der Waals surface area (Å²) in [7, 11) is 5.74. The highest BCUT2D eigenvalue weighted by molar-refractivity contribution is 5.85. The van der Waals surface area contributed by atoms with Gasteiger partial charge in [-0.25, -0.2) is 0 Å². The molecular formula is C10H25Cl2N3O. The molecule has 0 saturated heterocycles. The first-order valence-electron chi connectivity index (χ1n) is 5.09. The molecule has 0 aliphatic carbocycles. The molecule has 0 heterocycles. The van der Waals surface area contributed by atoms with E-state index >= 15 is 0 Å². The summed E-state index contributed by atoms with van der Waals surface area (Å²) in [5.74, 6) is 0.444. The lowest BCUT2D eigenvalue weighted by Gasteiger charge is -2.26. The Balaban J connectivity index is -0.000000845. The van der Waals surface area contributed by atoms with E-state index in [-0.39, 0.29) is 36.8 Å². The summed E-state index contributed by atoms with van der Waals surface area (Å²) >= 11 is 0. The third-order valence-corrected chi connectivity index (χ3v) is 2.13. The lowest BCUT2D eigenvalue weighted by molar-refractivity contribution is -0.126. The van der Waals surface area contributed by atoms with E-state index in [1.807, 2.05) is 26.0 Å². The van der Waals surface area contributed by atoms with Crippen molar-refractivity contribution in [2.75, 3.05) is 34.2 Å². The van der Waals surface area contributed by atoms with E-state index < -0.39 is 0 Å². The maximum absolute atomic E-state index is 11.7. The van der Waals surface area contributed by atoms with Crippen LogP contribution in [0.3, 0.4) is 0 Å². The van der Waals surface area contributed by atoms with Gasteiger partial charge in [0.25, 0.3) is 0 Å². The van der Waals surface area contributed by atoms with Gasteiger partial charge in [0.05, 0.1) is 6.04 Å². The van der Waals surface area contributed by atoms with Gasteiger partial charge in [-0.05, 0) is 27.1 Å². The molecule has 1 amide bonds. The lowest BCUT2D eigenvalue weighted by atomic mass is 10.0. The number of carbonyl (C=O) groups excluding carboxylic acids is 1. The van der Waals surface area contributed by atoms with Crippen LogP contribution < -0.4 is 10.6 Å². The Morgan fingerprint density at radius 2 is 1.69 bits per heavy atom. The molecule has 2 N–H and O–H groups in total. The molecule has 0 spiro atoms. The number of carbonyl (C=O) groups is 1. The number of amides is 1. The molecule has 0 bridgehead atoms. The number of likely N-dealkylation sites (N-methyl/N-ethyl adjacent to an activating group) is 2. The lowest BCUT2D eigenvalue weighted by Crippen LogP contribution is -2.47. The van der Waals surface area contributed by atoms with Gasteiger partial charge in [0, 0.05) is 13.1 Å². The van der Waals surface area contributed by atoms with E-state index in [1.54, 1.807) is 0 Å². The van der Waals surface area contributed by atoms with Gasteiger partial charge in [0.15, 0.2) is 0 Å². The van der Waals surface area contributed by atoms with Crippen molar-refractivity contribution in [1.29, 1.82) is 0 Å². The predicted molar refractivity (Wildman–Crippen MR) is 73.7 cm³/mol. The fourth-order valence-electron chi connectivity index (χ4n) is 1.55. The summed E-state index contributed by atoms with van der Waals surface area (Å²) in [4.78, 5) is 13.7. The smallest absolute Gasteiger partial charge is 0.237 e. The second-order valence-electron chi connectivity index (χ2n) is 4.05. The number of rotatable bonds is 6. The fourth-order valence-corrected chi connectivity index (χ4v) is 1.55. The van der Waals surface area contributed by atoms with Crippen LogP contribution in [0.15, 0.2) is 0 Å². The number of nitrogens with one attached hydrogen (secondary N) is 2. The van der Waals surface area contributed by atoms with Crippen molar-refractivity contribution in [1.82, 2.24) is 15.5 Å². The number of nitrogens with zero attached hydrogens (tertiary/aromatic N) is 1. The van der Waals surface area contributed by atoms with E-state index in [0.29, 0.717) is 12.5 Å². The van der Waals surface area contributed by atoms with Crippen molar-refractivity contribution in [3.05, 3.63) is 0 Å². The first-order valence-corrected chi connectivity index (χ1v) is 5.09. The molecule has 16 heavy (non-hydrogen) atoms. The zero-order valence-electron chi connectivity index (χ0n) is 10.7. The first-order chi connectivity index (χ1) is 6.50. The van der Waals surface area contributed by atoms with Gasteiger partial charge in [-0.3, -0.25) is 9.69 Å². The van der Waals surface area contributed by atoms with Crippen molar-refractivity contribution in [3.63, 3.8) is 0 Å². The molecule has 0 aromatic heterocycles. The Kier molecular flexibility index (Phi) is 15.2. The zero-order chi connectivity index (χ0) is 11.1. The van der Waals surface area contributed by atoms with E-state index in [0.717, 1.165) is 6.54 Å². The molecule has 0 aromatic rings. The maximum Gasteiger partial charge on any atom is 0.237 e. The highest BCUT2D eigenvalue weighted by Gasteiger charge is 2.23. The van der Waals surface area contributed by atoms with Crippen LogP contribution in [0.1, 0.15) is 13.8 Å². The molecule has 0 radical (unpaired) electrons. The van der Waals surface area contributed by atoms with Crippen molar-refractivity contribution in [2.45, 2.75) is 19.9 Å². The Bertz CT molecular complexity index is 169. The largest absolute Gasteiger partial charge is 0.353 e.